The summed E-state index contributed by atoms with van der Waals surface area (Å²) in [6, 6.07) is 0. The SMILES string of the molecule is CC(=O)C1=C2CC(Br)=CC=C2N(CC(=O)O)C1. The molecule has 5 heteroatoms. The third kappa shape index (κ3) is 2.34. The van der Waals surface area contributed by atoms with Gasteiger partial charge in [0.15, 0.2) is 5.78 Å². The van der Waals surface area contributed by atoms with Crippen LogP contribution in [0.4, 0.5) is 0 Å². The third-order valence-electron chi connectivity index (χ3n) is 2.88. The van der Waals surface area contributed by atoms with Gasteiger partial charge in [-0.05, 0) is 29.1 Å². The molecule has 17 heavy (non-hydrogen) atoms. The monoisotopic (exact) mass is 297 g/mol. The van der Waals surface area contributed by atoms with Crippen molar-refractivity contribution in [1.82, 2.24) is 4.90 Å². The van der Waals surface area contributed by atoms with Crippen molar-refractivity contribution >= 4 is 27.7 Å². The minimum atomic E-state index is -0.885. The van der Waals surface area contributed by atoms with E-state index in [0.717, 1.165) is 21.3 Å². The van der Waals surface area contributed by atoms with Crippen molar-refractivity contribution < 1.29 is 14.7 Å². The summed E-state index contributed by atoms with van der Waals surface area (Å²) in [7, 11) is 0. The fraction of sp³-hybridized carbons (Fsp3) is 0.333. The summed E-state index contributed by atoms with van der Waals surface area (Å²) in [4.78, 5) is 24.0. The maximum atomic E-state index is 11.5. The zero-order valence-electron chi connectivity index (χ0n) is 9.36. The maximum absolute atomic E-state index is 11.5. The molecule has 0 saturated carbocycles. The molecular weight excluding hydrogens is 286 g/mol. The van der Waals surface area contributed by atoms with Crippen molar-refractivity contribution in [1.29, 1.82) is 0 Å². The Morgan fingerprint density at radius 1 is 1.47 bits per heavy atom. The number of carbonyl (C=O) groups excluding carboxylic acids is 1. The molecule has 0 saturated heterocycles. The number of halogens is 1. The molecule has 0 aromatic carbocycles. The molecule has 0 fully saturated rings. The van der Waals surface area contributed by atoms with Crippen LogP contribution in [0, 0.1) is 0 Å². The van der Waals surface area contributed by atoms with Gasteiger partial charge in [-0.3, -0.25) is 9.59 Å². The van der Waals surface area contributed by atoms with E-state index in [2.05, 4.69) is 15.9 Å². The molecular formula is C12H12BrNO3. The highest BCUT2D eigenvalue weighted by Gasteiger charge is 2.31. The fourth-order valence-corrected chi connectivity index (χ4v) is 2.56. The molecule has 2 aliphatic rings. The van der Waals surface area contributed by atoms with Crippen LogP contribution in [0.2, 0.25) is 0 Å². The predicted molar refractivity (Wildman–Crippen MR) is 66.6 cm³/mol. The molecule has 4 nitrogen and oxygen atoms in total. The van der Waals surface area contributed by atoms with Crippen LogP contribution in [0.1, 0.15) is 13.3 Å². The molecule has 1 aliphatic heterocycles. The molecule has 0 bridgehead atoms. The molecule has 2 rings (SSSR count). The van der Waals surface area contributed by atoms with Gasteiger partial charge >= 0.3 is 5.97 Å². The summed E-state index contributed by atoms with van der Waals surface area (Å²) >= 11 is 3.41. The lowest BCUT2D eigenvalue weighted by Crippen LogP contribution is -2.27. The Morgan fingerprint density at radius 2 is 2.18 bits per heavy atom. The lowest BCUT2D eigenvalue weighted by molar-refractivity contribution is -0.137. The van der Waals surface area contributed by atoms with E-state index in [1.165, 1.54) is 6.92 Å². The number of hydrogen-bond acceptors (Lipinski definition) is 3. The van der Waals surface area contributed by atoms with Gasteiger partial charge in [0.05, 0.1) is 0 Å². The zero-order chi connectivity index (χ0) is 12.6. The summed E-state index contributed by atoms with van der Waals surface area (Å²) in [5, 5.41) is 8.84. The Morgan fingerprint density at radius 3 is 2.76 bits per heavy atom. The first-order chi connectivity index (χ1) is 7.99. The van der Waals surface area contributed by atoms with Gasteiger partial charge in [0, 0.05) is 24.2 Å². The number of ketones is 1. The number of fused-ring (bicyclic) bond motifs is 1. The number of aliphatic carboxylic acids is 1. The maximum Gasteiger partial charge on any atom is 0.323 e. The van der Waals surface area contributed by atoms with Crippen LogP contribution in [-0.4, -0.2) is 34.8 Å². The minimum absolute atomic E-state index is 0.0148. The van der Waals surface area contributed by atoms with Crippen molar-refractivity contribution in [2.75, 3.05) is 13.1 Å². The Kier molecular flexibility index (Phi) is 3.19. The van der Waals surface area contributed by atoms with Gasteiger partial charge in [0.1, 0.15) is 6.54 Å². The number of carboxylic acid groups (broad SMARTS) is 1. The summed E-state index contributed by atoms with van der Waals surface area (Å²) in [6.45, 7) is 1.85. The largest absolute Gasteiger partial charge is 0.480 e. The minimum Gasteiger partial charge on any atom is -0.480 e. The molecule has 1 heterocycles. The first-order valence-corrected chi connectivity index (χ1v) is 6.04. The van der Waals surface area contributed by atoms with Crippen molar-refractivity contribution in [2.45, 2.75) is 13.3 Å². The Labute approximate surface area is 107 Å². The van der Waals surface area contributed by atoms with Gasteiger partial charge in [-0.2, -0.15) is 0 Å². The highest BCUT2D eigenvalue weighted by atomic mass is 79.9. The van der Waals surface area contributed by atoms with Gasteiger partial charge in [0.2, 0.25) is 0 Å². The van der Waals surface area contributed by atoms with Gasteiger partial charge in [-0.15, -0.1) is 0 Å². The quantitative estimate of drug-likeness (QED) is 0.863. The van der Waals surface area contributed by atoms with E-state index in [1.807, 2.05) is 12.2 Å². The van der Waals surface area contributed by atoms with Crippen LogP contribution in [-0.2, 0) is 9.59 Å². The molecule has 0 spiro atoms. The van der Waals surface area contributed by atoms with Crippen molar-refractivity contribution in [3.63, 3.8) is 0 Å². The number of carbonyl (C=O) groups is 2. The Hall–Kier alpha value is -1.36. The molecule has 1 aliphatic carbocycles. The smallest absolute Gasteiger partial charge is 0.323 e. The number of rotatable bonds is 3. The van der Waals surface area contributed by atoms with Crippen LogP contribution < -0.4 is 0 Å². The van der Waals surface area contributed by atoms with Crippen LogP contribution >= 0.6 is 15.9 Å². The Bertz CT molecular complexity index is 488. The van der Waals surface area contributed by atoms with Crippen molar-refractivity contribution in [2.24, 2.45) is 0 Å². The van der Waals surface area contributed by atoms with E-state index in [4.69, 9.17) is 5.11 Å². The molecule has 0 aromatic heterocycles. The van der Waals surface area contributed by atoms with Crippen LogP contribution in [0.5, 0.6) is 0 Å². The zero-order valence-corrected chi connectivity index (χ0v) is 11.0. The van der Waals surface area contributed by atoms with Gasteiger partial charge in [-0.25, -0.2) is 0 Å². The van der Waals surface area contributed by atoms with Crippen LogP contribution in [0.15, 0.2) is 33.5 Å². The standard InChI is InChI=1S/C12H12BrNO3/c1-7(15)10-5-14(6-12(16)17)11-3-2-8(13)4-9(10)11/h2-3H,4-6H2,1H3,(H,16,17). The average molecular weight is 298 g/mol. The summed E-state index contributed by atoms with van der Waals surface area (Å²) in [6.07, 6.45) is 4.43. The summed E-state index contributed by atoms with van der Waals surface area (Å²) < 4.78 is 1.01. The number of allylic oxidation sites excluding steroid dienone is 4. The lowest BCUT2D eigenvalue weighted by atomic mass is 9.99. The third-order valence-corrected chi connectivity index (χ3v) is 3.43. The highest BCUT2D eigenvalue weighted by molar-refractivity contribution is 9.11. The molecule has 0 aromatic rings. The van der Waals surface area contributed by atoms with Gasteiger partial charge in [-0.1, -0.05) is 15.9 Å². The van der Waals surface area contributed by atoms with E-state index in [0.29, 0.717) is 13.0 Å². The topological polar surface area (TPSA) is 57.6 Å². The first-order valence-electron chi connectivity index (χ1n) is 5.25. The summed E-state index contributed by atoms with van der Waals surface area (Å²) in [5.74, 6) is -0.871. The molecule has 0 atom stereocenters. The van der Waals surface area contributed by atoms with E-state index < -0.39 is 5.97 Å². The second-order valence-corrected chi connectivity index (χ2v) is 5.12. The second-order valence-electron chi connectivity index (χ2n) is 4.11. The molecule has 90 valence electrons. The van der Waals surface area contributed by atoms with E-state index in [-0.39, 0.29) is 12.3 Å². The van der Waals surface area contributed by atoms with E-state index >= 15 is 0 Å². The highest BCUT2D eigenvalue weighted by Crippen LogP contribution is 2.37. The average Bonchev–Trinajstić information content (AvgIpc) is 2.55. The lowest BCUT2D eigenvalue weighted by Gasteiger charge is -2.21. The number of carboxylic acids is 1. The van der Waals surface area contributed by atoms with E-state index in [1.54, 1.807) is 4.90 Å². The molecule has 1 N–H and O–H groups in total. The second kappa shape index (κ2) is 4.49. The molecule has 0 unspecified atom stereocenters. The molecule has 0 radical (unpaired) electrons. The van der Waals surface area contributed by atoms with Crippen LogP contribution in [0.25, 0.3) is 0 Å². The van der Waals surface area contributed by atoms with Crippen molar-refractivity contribution in [3.8, 4) is 0 Å². The number of Topliss-reactive ketones (excluding diaryl/α,β-unsaturated/α-hetero) is 1. The first kappa shape index (κ1) is 12.1. The fourth-order valence-electron chi connectivity index (χ4n) is 2.15. The number of nitrogens with zero attached hydrogens (tertiary/aromatic N) is 1. The van der Waals surface area contributed by atoms with Crippen LogP contribution in [0.3, 0.4) is 0 Å². The van der Waals surface area contributed by atoms with Gasteiger partial charge in [0.25, 0.3) is 0 Å². The summed E-state index contributed by atoms with van der Waals surface area (Å²) in [5.41, 5.74) is 2.54. The Balaban J connectivity index is 2.36. The predicted octanol–water partition coefficient (Wildman–Crippen LogP) is 1.84. The molecule has 0 amide bonds. The number of hydrogen-bond donors (Lipinski definition) is 1. The van der Waals surface area contributed by atoms with Gasteiger partial charge < -0.3 is 10.0 Å². The van der Waals surface area contributed by atoms with Crippen molar-refractivity contribution in [3.05, 3.63) is 33.5 Å². The normalized spacial score (nSPS) is 18.8. The van der Waals surface area contributed by atoms with E-state index in [9.17, 15) is 9.59 Å².